The van der Waals surface area contributed by atoms with Crippen LogP contribution in [0.4, 0.5) is 15.8 Å². The Balaban J connectivity index is 1.84. The first-order valence-corrected chi connectivity index (χ1v) is 9.12. The van der Waals surface area contributed by atoms with Crippen molar-refractivity contribution in [1.82, 2.24) is 4.90 Å². The summed E-state index contributed by atoms with van der Waals surface area (Å²) in [5.74, 6) is -0.513. The van der Waals surface area contributed by atoms with Gasteiger partial charge < -0.3 is 14.7 Å². The zero-order valence-corrected chi connectivity index (χ0v) is 15.0. The van der Waals surface area contributed by atoms with Gasteiger partial charge in [-0.2, -0.15) is 0 Å². The van der Waals surface area contributed by atoms with Crippen molar-refractivity contribution in [3.05, 3.63) is 24.0 Å². The third-order valence-corrected chi connectivity index (χ3v) is 5.14. The van der Waals surface area contributed by atoms with Gasteiger partial charge >= 0.3 is 0 Å². The normalized spacial score (nSPS) is 20.4. The van der Waals surface area contributed by atoms with Crippen molar-refractivity contribution >= 4 is 23.2 Å². The highest BCUT2D eigenvalue weighted by molar-refractivity contribution is 5.99. The van der Waals surface area contributed by atoms with Crippen LogP contribution in [0.1, 0.15) is 33.1 Å². The molecule has 0 spiro atoms. The van der Waals surface area contributed by atoms with Crippen LogP contribution in [0.15, 0.2) is 18.2 Å². The summed E-state index contributed by atoms with van der Waals surface area (Å²) in [6.07, 6.45) is 2.62. The summed E-state index contributed by atoms with van der Waals surface area (Å²) >= 11 is 0. The Kier molecular flexibility index (Phi) is 5.25. The smallest absolute Gasteiger partial charge is 0.232 e. The van der Waals surface area contributed by atoms with E-state index in [-0.39, 0.29) is 23.5 Å². The molecule has 5 nitrogen and oxygen atoms in total. The van der Waals surface area contributed by atoms with Crippen molar-refractivity contribution in [2.75, 3.05) is 42.5 Å². The molecule has 0 aromatic heterocycles. The predicted octanol–water partition coefficient (Wildman–Crippen LogP) is 2.65. The molecular formula is C19H26FN3O2. The lowest BCUT2D eigenvalue weighted by Gasteiger charge is -2.40. The van der Waals surface area contributed by atoms with Crippen molar-refractivity contribution in [3.63, 3.8) is 0 Å². The van der Waals surface area contributed by atoms with E-state index in [2.05, 4.69) is 11.8 Å². The first-order chi connectivity index (χ1) is 12.0. The molecule has 1 aromatic rings. The molecule has 6 heteroatoms. The Labute approximate surface area is 148 Å². The summed E-state index contributed by atoms with van der Waals surface area (Å²) in [5.41, 5.74) is 1.58. The van der Waals surface area contributed by atoms with E-state index < -0.39 is 0 Å². The zero-order valence-electron chi connectivity index (χ0n) is 15.0. The molecule has 1 saturated heterocycles. The lowest BCUT2D eigenvalue weighted by atomic mass is 9.95. The Bertz CT molecular complexity index is 664. The fourth-order valence-electron chi connectivity index (χ4n) is 3.86. The number of likely N-dealkylation sites (tertiary alicyclic amines) is 1. The third kappa shape index (κ3) is 3.62. The summed E-state index contributed by atoms with van der Waals surface area (Å²) in [6, 6.07) is 4.68. The Morgan fingerprint density at radius 3 is 2.72 bits per heavy atom. The molecule has 3 rings (SSSR count). The van der Waals surface area contributed by atoms with Gasteiger partial charge in [-0.3, -0.25) is 9.59 Å². The number of carbonyl (C=O) groups excluding carboxylic acids is 2. The lowest BCUT2D eigenvalue weighted by molar-refractivity contribution is -0.133. The largest absolute Gasteiger partial charge is 0.368 e. The minimum Gasteiger partial charge on any atom is -0.368 e. The van der Waals surface area contributed by atoms with E-state index in [4.69, 9.17) is 0 Å². The first-order valence-electron chi connectivity index (χ1n) is 9.12. The van der Waals surface area contributed by atoms with Crippen molar-refractivity contribution in [3.8, 4) is 0 Å². The minimum atomic E-state index is -0.330. The van der Waals surface area contributed by atoms with Gasteiger partial charge in [-0.1, -0.05) is 6.92 Å². The van der Waals surface area contributed by atoms with Crippen LogP contribution in [0.5, 0.6) is 0 Å². The van der Waals surface area contributed by atoms with Crippen LogP contribution in [-0.4, -0.2) is 49.4 Å². The predicted molar refractivity (Wildman–Crippen MR) is 96.2 cm³/mol. The van der Waals surface area contributed by atoms with E-state index >= 15 is 0 Å². The summed E-state index contributed by atoms with van der Waals surface area (Å²) in [5, 5.41) is 0. The van der Waals surface area contributed by atoms with Gasteiger partial charge in [-0.15, -0.1) is 0 Å². The molecule has 2 aliphatic rings. The second-order valence-electron chi connectivity index (χ2n) is 6.91. The maximum Gasteiger partial charge on any atom is 0.232 e. The number of hydrogen-bond acceptors (Lipinski definition) is 3. The van der Waals surface area contributed by atoms with Crippen LogP contribution in [0.25, 0.3) is 0 Å². The van der Waals surface area contributed by atoms with Gasteiger partial charge in [0.1, 0.15) is 5.82 Å². The zero-order chi connectivity index (χ0) is 18.0. The van der Waals surface area contributed by atoms with E-state index in [0.717, 1.165) is 38.0 Å². The molecule has 1 aromatic carbocycles. The SMILES string of the molecule is CCCN1CCN(C(=O)C2CCCN(C(C)=O)C2)c2cc(F)ccc21. The average molecular weight is 347 g/mol. The van der Waals surface area contributed by atoms with Crippen molar-refractivity contribution < 1.29 is 14.0 Å². The number of benzene rings is 1. The van der Waals surface area contributed by atoms with Crippen molar-refractivity contribution in [1.29, 1.82) is 0 Å². The van der Waals surface area contributed by atoms with Crippen molar-refractivity contribution in [2.45, 2.75) is 33.1 Å². The molecule has 2 aliphatic heterocycles. The number of nitrogens with zero attached hydrogens (tertiary/aromatic N) is 3. The number of hydrogen-bond donors (Lipinski definition) is 0. The number of piperidine rings is 1. The van der Waals surface area contributed by atoms with Gasteiger partial charge in [0.15, 0.2) is 0 Å². The van der Waals surface area contributed by atoms with E-state index in [1.807, 2.05) is 0 Å². The minimum absolute atomic E-state index is 0.00829. The maximum absolute atomic E-state index is 13.8. The number of carbonyl (C=O) groups is 2. The van der Waals surface area contributed by atoms with Gasteiger partial charge in [-0.05, 0) is 37.5 Å². The van der Waals surface area contributed by atoms with Crippen molar-refractivity contribution in [2.24, 2.45) is 5.92 Å². The standard InChI is InChI=1S/C19H26FN3O2/c1-3-8-21-10-11-23(18-12-16(20)6-7-17(18)21)19(25)15-5-4-9-22(13-15)14(2)24/h6-7,12,15H,3-5,8-11,13H2,1-2H3. The van der Waals surface area contributed by atoms with Gasteiger partial charge in [0.25, 0.3) is 0 Å². The monoisotopic (exact) mass is 347 g/mol. The Morgan fingerprint density at radius 2 is 2.00 bits per heavy atom. The molecule has 2 heterocycles. The van der Waals surface area contributed by atoms with Crippen LogP contribution in [0.2, 0.25) is 0 Å². The number of fused-ring (bicyclic) bond motifs is 1. The molecule has 1 unspecified atom stereocenters. The molecule has 0 saturated carbocycles. The van der Waals surface area contributed by atoms with Crippen LogP contribution < -0.4 is 9.80 Å². The molecule has 25 heavy (non-hydrogen) atoms. The summed E-state index contributed by atoms with van der Waals surface area (Å²) in [4.78, 5) is 30.4. The second-order valence-corrected chi connectivity index (χ2v) is 6.91. The molecule has 0 N–H and O–H groups in total. The van der Waals surface area contributed by atoms with E-state index in [1.165, 1.54) is 12.1 Å². The van der Waals surface area contributed by atoms with E-state index in [9.17, 15) is 14.0 Å². The number of anilines is 2. The number of halogens is 1. The van der Waals surface area contributed by atoms with Crippen LogP contribution >= 0.6 is 0 Å². The van der Waals surface area contributed by atoms with Gasteiger partial charge in [0, 0.05) is 39.6 Å². The molecular weight excluding hydrogens is 321 g/mol. The summed E-state index contributed by atoms with van der Waals surface area (Å²) in [7, 11) is 0. The second kappa shape index (κ2) is 7.42. The fraction of sp³-hybridized carbons (Fsp3) is 0.579. The lowest BCUT2D eigenvalue weighted by Crippen LogP contribution is -2.50. The molecule has 0 aliphatic carbocycles. The average Bonchev–Trinajstić information content (AvgIpc) is 2.61. The van der Waals surface area contributed by atoms with Crippen LogP contribution in [0, 0.1) is 11.7 Å². The topological polar surface area (TPSA) is 43.9 Å². The molecule has 0 bridgehead atoms. The Hall–Kier alpha value is -2.11. The highest BCUT2D eigenvalue weighted by Crippen LogP contribution is 2.35. The molecule has 0 radical (unpaired) electrons. The quantitative estimate of drug-likeness (QED) is 0.844. The van der Waals surface area contributed by atoms with Gasteiger partial charge in [-0.25, -0.2) is 4.39 Å². The summed E-state index contributed by atoms with van der Waals surface area (Å²) in [6.45, 7) is 7.04. The summed E-state index contributed by atoms with van der Waals surface area (Å²) < 4.78 is 13.8. The third-order valence-electron chi connectivity index (χ3n) is 5.14. The van der Waals surface area contributed by atoms with Gasteiger partial charge in [0.2, 0.25) is 11.8 Å². The van der Waals surface area contributed by atoms with E-state index in [0.29, 0.717) is 25.3 Å². The number of rotatable bonds is 3. The first kappa shape index (κ1) is 17.7. The van der Waals surface area contributed by atoms with Crippen LogP contribution in [0.3, 0.4) is 0 Å². The molecule has 1 atom stereocenters. The van der Waals surface area contributed by atoms with Gasteiger partial charge in [0.05, 0.1) is 17.3 Å². The highest BCUT2D eigenvalue weighted by Gasteiger charge is 2.34. The fourth-order valence-corrected chi connectivity index (χ4v) is 3.86. The molecule has 2 amide bonds. The highest BCUT2D eigenvalue weighted by atomic mass is 19.1. The maximum atomic E-state index is 13.8. The Morgan fingerprint density at radius 1 is 1.20 bits per heavy atom. The molecule has 136 valence electrons. The molecule has 1 fully saturated rings. The van der Waals surface area contributed by atoms with E-state index in [1.54, 1.807) is 22.8 Å². The number of amides is 2. The van der Waals surface area contributed by atoms with Crippen LogP contribution in [-0.2, 0) is 9.59 Å².